The molecule has 1 atom stereocenters. The molecule has 0 spiro atoms. The maximum atomic E-state index is 12.5. The fourth-order valence-corrected chi connectivity index (χ4v) is 1.28. The molecule has 1 aromatic rings. The highest BCUT2D eigenvalue weighted by molar-refractivity contribution is 5.11. The van der Waals surface area contributed by atoms with Gasteiger partial charge in [-0.2, -0.15) is 0 Å². The van der Waals surface area contributed by atoms with Crippen molar-refractivity contribution < 1.29 is 9.13 Å². The van der Waals surface area contributed by atoms with Crippen LogP contribution in [0.2, 0.25) is 0 Å². The molecule has 0 amide bonds. The van der Waals surface area contributed by atoms with Crippen molar-refractivity contribution in [2.75, 3.05) is 0 Å². The first-order valence-electron chi connectivity index (χ1n) is 4.54. The van der Waals surface area contributed by atoms with E-state index < -0.39 is 0 Å². The lowest BCUT2D eigenvalue weighted by atomic mass is 10.3. The highest BCUT2D eigenvalue weighted by atomic mass is 19.1. The number of pyridine rings is 1. The lowest BCUT2D eigenvalue weighted by Crippen LogP contribution is -2.14. The summed E-state index contributed by atoms with van der Waals surface area (Å²) in [5.41, 5.74) is 0. The van der Waals surface area contributed by atoms with Gasteiger partial charge in [0.15, 0.2) is 0 Å². The Hall–Kier alpha value is -1.12. The molecule has 2 rings (SSSR count). The van der Waals surface area contributed by atoms with Crippen LogP contribution < -0.4 is 4.74 Å². The Morgan fingerprint density at radius 3 is 2.85 bits per heavy atom. The maximum absolute atomic E-state index is 12.5. The summed E-state index contributed by atoms with van der Waals surface area (Å²) in [6.07, 6.45) is 3.86. The minimum absolute atomic E-state index is 0.206. The highest BCUT2D eigenvalue weighted by Crippen LogP contribution is 2.34. The number of nitrogens with zero attached hydrogens (tertiary/aromatic N) is 1. The van der Waals surface area contributed by atoms with Gasteiger partial charge in [0.1, 0.15) is 11.9 Å². The second kappa shape index (κ2) is 3.32. The van der Waals surface area contributed by atoms with Crippen molar-refractivity contribution >= 4 is 0 Å². The molecular weight excluding hydrogens is 169 g/mol. The molecule has 0 aromatic carbocycles. The van der Waals surface area contributed by atoms with E-state index in [4.69, 9.17) is 4.74 Å². The molecule has 0 aliphatic heterocycles. The van der Waals surface area contributed by atoms with Crippen LogP contribution in [-0.4, -0.2) is 11.1 Å². The minimum atomic E-state index is -0.327. The van der Waals surface area contributed by atoms with Crippen LogP contribution in [0.3, 0.4) is 0 Å². The third kappa shape index (κ3) is 2.17. The second-order valence-electron chi connectivity index (χ2n) is 3.48. The minimum Gasteiger partial charge on any atom is -0.474 e. The monoisotopic (exact) mass is 181 g/mol. The van der Waals surface area contributed by atoms with Crippen LogP contribution in [-0.2, 0) is 0 Å². The van der Waals surface area contributed by atoms with Crippen LogP contribution in [0.5, 0.6) is 5.88 Å². The van der Waals surface area contributed by atoms with Crippen molar-refractivity contribution in [1.82, 2.24) is 4.98 Å². The van der Waals surface area contributed by atoms with E-state index in [1.807, 2.05) is 6.92 Å². The molecular formula is C10H12FNO. The SMILES string of the molecule is CC(Oc1ccc(F)cn1)C1CC1. The van der Waals surface area contributed by atoms with E-state index in [-0.39, 0.29) is 11.9 Å². The van der Waals surface area contributed by atoms with Crippen molar-refractivity contribution in [3.8, 4) is 5.88 Å². The van der Waals surface area contributed by atoms with Crippen LogP contribution in [0, 0.1) is 11.7 Å². The predicted molar refractivity (Wildman–Crippen MR) is 47.0 cm³/mol. The summed E-state index contributed by atoms with van der Waals surface area (Å²) >= 11 is 0. The Kier molecular flexibility index (Phi) is 2.17. The van der Waals surface area contributed by atoms with Crippen LogP contribution in [0.15, 0.2) is 18.3 Å². The highest BCUT2D eigenvalue weighted by Gasteiger charge is 2.29. The van der Waals surface area contributed by atoms with Gasteiger partial charge in [0.25, 0.3) is 0 Å². The van der Waals surface area contributed by atoms with Crippen LogP contribution in [0.25, 0.3) is 0 Å². The maximum Gasteiger partial charge on any atom is 0.213 e. The number of hydrogen-bond acceptors (Lipinski definition) is 2. The lowest BCUT2D eigenvalue weighted by Gasteiger charge is -2.11. The normalized spacial score (nSPS) is 18.3. The van der Waals surface area contributed by atoms with Crippen LogP contribution in [0.1, 0.15) is 19.8 Å². The fourth-order valence-electron chi connectivity index (χ4n) is 1.28. The Labute approximate surface area is 76.7 Å². The average molecular weight is 181 g/mol. The molecule has 0 bridgehead atoms. The van der Waals surface area contributed by atoms with Gasteiger partial charge in [-0.15, -0.1) is 0 Å². The van der Waals surface area contributed by atoms with E-state index in [1.165, 1.54) is 25.1 Å². The van der Waals surface area contributed by atoms with Gasteiger partial charge in [0.05, 0.1) is 6.20 Å². The van der Waals surface area contributed by atoms with Crippen LogP contribution in [0.4, 0.5) is 4.39 Å². The third-order valence-electron chi connectivity index (χ3n) is 2.29. The Morgan fingerprint density at radius 1 is 1.54 bits per heavy atom. The molecule has 1 saturated carbocycles. The van der Waals surface area contributed by atoms with Crippen molar-refractivity contribution in [1.29, 1.82) is 0 Å². The Balaban J connectivity index is 1.96. The summed E-state index contributed by atoms with van der Waals surface area (Å²) in [6.45, 7) is 2.03. The van der Waals surface area contributed by atoms with Crippen LogP contribution >= 0.6 is 0 Å². The van der Waals surface area contributed by atoms with Gasteiger partial charge in [0, 0.05) is 6.07 Å². The van der Waals surface area contributed by atoms with E-state index in [0.717, 1.165) is 0 Å². The number of aromatic nitrogens is 1. The van der Waals surface area contributed by atoms with E-state index in [9.17, 15) is 4.39 Å². The largest absolute Gasteiger partial charge is 0.474 e. The molecule has 0 radical (unpaired) electrons. The molecule has 1 heterocycles. The molecule has 1 aliphatic carbocycles. The summed E-state index contributed by atoms with van der Waals surface area (Å²) in [5.74, 6) is 0.860. The smallest absolute Gasteiger partial charge is 0.213 e. The lowest BCUT2D eigenvalue weighted by molar-refractivity contribution is 0.189. The van der Waals surface area contributed by atoms with Crippen molar-refractivity contribution in [2.45, 2.75) is 25.9 Å². The summed E-state index contributed by atoms with van der Waals surface area (Å²) in [6, 6.07) is 2.93. The van der Waals surface area contributed by atoms with Gasteiger partial charge >= 0.3 is 0 Å². The van der Waals surface area contributed by atoms with Crippen molar-refractivity contribution in [3.05, 3.63) is 24.1 Å². The van der Waals surface area contributed by atoms with Gasteiger partial charge in [-0.05, 0) is 31.7 Å². The predicted octanol–water partition coefficient (Wildman–Crippen LogP) is 2.40. The quantitative estimate of drug-likeness (QED) is 0.714. The van der Waals surface area contributed by atoms with Crippen molar-refractivity contribution in [2.24, 2.45) is 5.92 Å². The summed E-state index contributed by atoms with van der Waals surface area (Å²) in [5, 5.41) is 0. The molecule has 1 unspecified atom stereocenters. The zero-order valence-corrected chi connectivity index (χ0v) is 7.53. The standard InChI is InChI=1S/C10H12FNO/c1-7(8-2-3-8)13-10-5-4-9(11)6-12-10/h4-8H,2-3H2,1H3. The first-order chi connectivity index (χ1) is 6.25. The molecule has 2 nitrogen and oxygen atoms in total. The van der Waals surface area contributed by atoms with Gasteiger partial charge < -0.3 is 4.74 Å². The molecule has 0 saturated heterocycles. The third-order valence-corrected chi connectivity index (χ3v) is 2.29. The first kappa shape index (κ1) is 8.48. The Bertz CT molecular complexity index is 281. The van der Waals surface area contributed by atoms with Gasteiger partial charge in [-0.25, -0.2) is 9.37 Å². The average Bonchev–Trinajstić information content (AvgIpc) is 2.91. The number of rotatable bonds is 3. The molecule has 1 fully saturated rings. The number of ether oxygens (including phenoxy) is 1. The topological polar surface area (TPSA) is 22.1 Å². The molecule has 0 N–H and O–H groups in total. The van der Waals surface area contributed by atoms with Gasteiger partial charge in [-0.1, -0.05) is 0 Å². The van der Waals surface area contributed by atoms with Gasteiger partial charge in [-0.3, -0.25) is 0 Å². The van der Waals surface area contributed by atoms with E-state index in [2.05, 4.69) is 4.98 Å². The van der Waals surface area contributed by atoms with E-state index >= 15 is 0 Å². The zero-order chi connectivity index (χ0) is 9.26. The summed E-state index contributed by atoms with van der Waals surface area (Å²) in [4.78, 5) is 3.83. The molecule has 1 aliphatic rings. The summed E-state index contributed by atoms with van der Waals surface area (Å²) < 4.78 is 18.0. The number of halogens is 1. The van der Waals surface area contributed by atoms with E-state index in [0.29, 0.717) is 11.8 Å². The first-order valence-corrected chi connectivity index (χ1v) is 4.54. The molecule has 1 aromatic heterocycles. The fraction of sp³-hybridized carbons (Fsp3) is 0.500. The van der Waals surface area contributed by atoms with Crippen molar-refractivity contribution in [3.63, 3.8) is 0 Å². The van der Waals surface area contributed by atoms with Gasteiger partial charge in [0.2, 0.25) is 5.88 Å². The summed E-state index contributed by atoms with van der Waals surface area (Å²) in [7, 11) is 0. The Morgan fingerprint density at radius 2 is 2.31 bits per heavy atom. The second-order valence-corrected chi connectivity index (χ2v) is 3.48. The zero-order valence-electron chi connectivity index (χ0n) is 7.53. The molecule has 3 heteroatoms. The number of hydrogen-bond donors (Lipinski definition) is 0. The molecule has 70 valence electrons. The molecule has 13 heavy (non-hydrogen) atoms. The van der Waals surface area contributed by atoms with E-state index in [1.54, 1.807) is 6.07 Å².